The zero-order chi connectivity index (χ0) is 22.7. The molecule has 1 N–H and O–H groups in total. The van der Waals surface area contributed by atoms with E-state index in [4.69, 9.17) is 0 Å². The molecule has 1 aliphatic rings. The highest BCUT2D eigenvalue weighted by Crippen LogP contribution is 2.24. The van der Waals surface area contributed by atoms with Crippen molar-refractivity contribution >= 4 is 21.7 Å². The molecule has 0 atom stereocenters. The van der Waals surface area contributed by atoms with Crippen molar-refractivity contribution in [3.63, 3.8) is 0 Å². The Bertz CT molecular complexity index is 1160. The summed E-state index contributed by atoms with van der Waals surface area (Å²) in [6, 6.07) is 11.9. The van der Waals surface area contributed by atoms with Gasteiger partial charge in [0.25, 0.3) is 10.0 Å². The number of rotatable bonds is 7. The first-order valence-corrected chi connectivity index (χ1v) is 12.2. The van der Waals surface area contributed by atoms with Crippen LogP contribution in [0.1, 0.15) is 24.2 Å². The number of aromatic nitrogens is 4. The summed E-state index contributed by atoms with van der Waals surface area (Å²) in [6.07, 6.45) is 4.95. The topological polar surface area (TPSA) is 102 Å². The van der Waals surface area contributed by atoms with Gasteiger partial charge in [-0.25, -0.2) is 18.1 Å². The summed E-state index contributed by atoms with van der Waals surface area (Å²) in [5.74, 6) is 0.952. The van der Waals surface area contributed by atoms with Gasteiger partial charge in [-0.15, -0.1) is 0 Å². The smallest absolute Gasteiger partial charge is 0.262 e. The Morgan fingerprint density at radius 1 is 1.16 bits per heavy atom. The molecule has 0 unspecified atom stereocenters. The molecule has 10 heteroatoms. The summed E-state index contributed by atoms with van der Waals surface area (Å²) in [5.41, 5.74) is 1.21. The maximum Gasteiger partial charge on any atom is 0.262 e. The molecule has 1 aromatic carbocycles. The highest BCUT2D eigenvalue weighted by Gasteiger charge is 2.33. The van der Waals surface area contributed by atoms with Crippen molar-refractivity contribution in [2.24, 2.45) is 13.0 Å². The van der Waals surface area contributed by atoms with Gasteiger partial charge in [-0.2, -0.15) is 9.40 Å². The maximum absolute atomic E-state index is 12.9. The second kappa shape index (κ2) is 9.25. The van der Waals surface area contributed by atoms with Crippen LogP contribution in [-0.4, -0.2) is 51.1 Å². The number of aryl methyl sites for hydroxylation is 4. The highest BCUT2D eigenvalue weighted by molar-refractivity contribution is 7.89. The molecule has 0 spiro atoms. The normalized spacial score (nSPS) is 15.7. The number of amides is 1. The van der Waals surface area contributed by atoms with E-state index in [0.717, 1.165) is 6.42 Å². The molecule has 0 bridgehead atoms. The van der Waals surface area contributed by atoms with E-state index < -0.39 is 10.0 Å². The van der Waals surface area contributed by atoms with Crippen LogP contribution in [0.25, 0.3) is 0 Å². The monoisotopic (exact) mass is 456 g/mol. The maximum atomic E-state index is 12.9. The largest absolute Gasteiger partial charge is 0.337 e. The lowest BCUT2D eigenvalue weighted by molar-refractivity contribution is -0.121. The summed E-state index contributed by atoms with van der Waals surface area (Å²) in [7, 11) is -1.88. The Balaban J connectivity index is 1.33. The molecule has 2 aromatic heterocycles. The zero-order valence-corrected chi connectivity index (χ0v) is 19.1. The van der Waals surface area contributed by atoms with Crippen molar-refractivity contribution < 1.29 is 13.2 Å². The lowest BCUT2D eigenvalue weighted by Gasteiger charge is -2.29. The molecule has 4 rings (SSSR count). The van der Waals surface area contributed by atoms with E-state index in [1.165, 1.54) is 16.1 Å². The van der Waals surface area contributed by atoms with Gasteiger partial charge in [0.1, 0.15) is 11.6 Å². The van der Waals surface area contributed by atoms with E-state index in [-0.39, 0.29) is 16.9 Å². The number of hydrogen-bond acceptors (Lipinski definition) is 5. The van der Waals surface area contributed by atoms with E-state index >= 15 is 0 Å². The highest BCUT2D eigenvalue weighted by atomic mass is 32.2. The summed E-state index contributed by atoms with van der Waals surface area (Å²) in [6.45, 7) is 3.01. The molecule has 0 radical (unpaired) electrons. The fourth-order valence-corrected chi connectivity index (χ4v) is 5.36. The van der Waals surface area contributed by atoms with Crippen molar-refractivity contribution in [2.75, 3.05) is 18.4 Å². The van der Waals surface area contributed by atoms with Gasteiger partial charge in [0, 0.05) is 44.9 Å². The van der Waals surface area contributed by atoms with Gasteiger partial charge < -0.3 is 9.88 Å². The summed E-state index contributed by atoms with van der Waals surface area (Å²) < 4.78 is 30.6. The number of nitrogens with zero attached hydrogens (tertiary/aromatic N) is 5. The number of benzene rings is 1. The van der Waals surface area contributed by atoms with Crippen LogP contribution in [0, 0.1) is 12.8 Å². The van der Waals surface area contributed by atoms with Gasteiger partial charge in [0.15, 0.2) is 5.03 Å². The Morgan fingerprint density at radius 3 is 2.53 bits per heavy atom. The lowest BCUT2D eigenvalue weighted by Crippen LogP contribution is -2.41. The predicted molar refractivity (Wildman–Crippen MR) is 120 cm³/mol. The van der Waals surface area contributed by atoms with Gasteiger partial charge in [0.05, 0.1) is 6.20 Å². The van der Waals surface area contributed by atoms with Crippen LogP contribution in [0.3, 0.4) is 0 Å². The van der Waals surface area contributed by atoms with Crippen LogP contribution < -0.4 is 5.32 Å². The SMILES string of the molecule is Cc1nc(S(=O)(=O)N2CCC(C(=O)Nc3ccnn3CCc3ccccc3)CC2)cn1C. The molecular weight excluding hydrogens is 428 g/mol. The number of nitrogens with one attached hydrogen (secondary N) is 1. The van der Waals surface area contributed by atoms with Gasteiger partial charge in [-0.05, 0) is 31.7 Å². The van der Waals surface area contributed by atoms with Crippen molar-refractivity contribution in [1.29, 1.82) is 0 Å². The van der Waals surface area contributed by atoms with Crippen molar-refractivity contribution in [1.82, 2.24) is 23.6 Å². The van der Waals surface area contributed by atoms with Crippen molar-refractivity contribution in [2.45, 2.75) is 37.8 Å². The summed E-state index contributed by atoms with van der Waals surface area (Å²) in [4.78, 5) is 17.0. The fraction of sp³-hybridized carbons (Fsp3) is 0.409. The van der Waals surface area contributed by atoms with E-state index in [1.54, 1.807) is 35.5 Å². The Kier molecular flexibility index (Phi) is 6.43. The molecule has 3 aromatic rings. The lowest BCUT2D eigenvalue weighted by atomic mass is 9.97. The van der Waals surface area contributed by atoms with Gasteiger partial charge in [-0.1, -0.05) is 30.3 Å². The van der Waals surface area contributed by atoms with E-state index in [9.17, 15) is 13.2 Å². The zero-order valence-electron chi connectivity index (χ0n) is 18.3. The molecule has 170 valence electrons. The van der Waals surface area contributed by atoms with Crippen LogP contribution in [0.5, 0.6) is 0 Å². The van der Waals surface area contributed by atoms with Crippen molar-refractivity contribution in [3.05, 3.63) is 60.2 Å². The molecule has 3 heterocycles. The van der Waals surface area contributed by atoms with Crippen LogP contribution in [-0.2, 0) is 34.8 Å². The van der Waals surface area contributed by atoms with E-state index in [1.807, 2.05) is 18.2 Å². The molecule has 9 nitrogen and oxygen atoms in total. The van der Waals surface area contributed by atoms with E-state index in [2.05, 4.69) is 27.5 Å². The summed E-state index contributed by atoms with van der Waals surface area (Å²) in [5, 5.41) is 7.35. The minimum absolute atomic E-state index is 0.0581. The third-order valence-corrected chi connectivity index (χ3v) is 7.71. The number of hydrogen-bond donors (Lipinski definition) is 1. The molecule has 1 amide bonds. The number of sulfonamides is 1. The number of anilines is 1. The molecule has 0 aliphatic carbocycles. The first kappa shape index (κ1) is 22.2. The fourth-order valence-electron chi connectivity index (χ4n) is 3.87. The molecule has 1 fully saturated rings. The Morgan fingerprint density at radius 2 is 1.88 bits per heavy atom. The first-order chi connectivity index (χ1) is 15.3. The average Bonchev–Trinajstić information content (AvgIpc) is 3.39. The van der Waals surface area contributed by atoms with Crippen LogP contribution >= 0.6 is 0 Å². The second-order valence-corrected chi connectivity index (χ2v) is 9.96. The Labute approximate surface area is 188 Å². The second-order valence-electron chi connectivity index (χ2n) is 8.08. The molecule has 32 heavy (non-hydrogen) atoms. The number of carbonyl (C=O) groups excluding carboxylic acids is 1. The quantitative estimate of drug-likeness (QED) is 0.587. The minimum Gasteiger partial charge on any atom is -0.337 e. The van der Waals surface area contributed by atoms with Crippen LogP contribution in [0.15, 0.2) is 53.8 Å². The van der Waals surface area contributed by atoms with Gasteiger partial charge in [0.2, 0.25) is 5.91 Å². The van der Waals surface area contributed by atoms with Crippen LogP contribution in [0.4, 0.5) is 5.82 Å². The Hall–Kier alpha value is -2.98. The number of piperidine rings is 1. The minimum atomic E-state index is -3.65. The van der Waals surface area contributed by atoms with E-state index in [0.29, 0.717) is 44.1 Å². The average molecular weight is 457 g/mol. The third-order valence-electron chi connectivity index (χ3n) is 5.94. The molecule has 0 saturated carbocycles. The van der Waals surface area contributed by atoms with Crippen molar-refractivity contribution in [3.8, 4) is 0 Å². The van der Waals surface area contributed by atoms with Gasteiger partial charge >= 0.3 is 0 Å². The summed E-state index contributed by atoms with van der Waals surface area (Å²) >= 11 is 0. The standard InChI is InChI=1S/C22H28N6O3S/c1-17-24-21(16-26(17)2)32(30,31)27-13-10-19(11-14-27)22(29)25-20-8-12-23-28(20)15-9-18-6-4-3-5-7-18/h3-8,12,16,19H,9-11,13-15H2,1-2H3,(H,25,29). The number of imidazole rings is 1. The molecule has 1 saturated heterocycles. The first-order valence-electron chi connectivity index (χ1n) is 10.7. The molecular formula is C22H28N6O3S. The molecule has 1 aliphatic heterocycles. The third kappa shape index (κ3) is 4.76. The van der Waals surface area contributed by atoms with Crippen LogP contribution in [0.2, 0.25) is 0 Å². The number of carbonyl (C=O) groups is 1. The van der Waals surface area contributed by atoms with Gasteiger partial charge in [-0.3, -0.25) is 4.79 Å². The predicted octanol–water partition coefficient (Wildman–Crippen LogP) is 2.21.